The number of hydrogen-bond donors (Lipinski definition) is 2. The molecule has 10 heteroatoms. The monoisotopic (exact) mass is 464 g/mol. The van der Waals surface area contributed by atoms with Crippen LogP contribution in [-0.2, 0) is 5.75 Å². The SMILES string of the molecule is CNC(=O)c1cc(NC(=O)c2ccccc2CSc2nc3nc(C)cc(C)n3n2)ccc1F. The highest BCUT2D eigenvalue weighted by molar-refractivity contribution is 7.98. The number of halogens is 1. The average Bonchev–Trinajstić information content (AvgIpc) is 3.22. The van der Waals surface area contributed by atoms with Gasteiger partial charge in [-0.2, -0.15) is 4.98 Å². The third-order valence-corrected chi connectivity index (χ3v) is 5.80. The molecule has 0 fully saturated rings. The molecule has 33 heavy (non-hydrogen) atoms. The second kappa shape index (κ2) is 9.37. The molecule has 0 aliphatic rings. The number of rotatable bonds is 6. The molecule has 0 aliphatic heterocycles. The molecule has 0 aliphatic carbocycles. The van der Waals surface area contributed by atoms with Gasteiger partial charge in [0.1, 0.15) is 5.82 Å². The molecule has 168 valence electrons. The van der Waals surface area contributed by atoms with Crippen molar-refractivity contribution in [3.63, 3.8) is 0 Å². The van der Waals surface area contributed by atoms with Crippen LogP contribution < -0.4 is 10.6 Å². The van der Waals surface area contributed by atoms with Crippen LogP contribution in [0.2, 0.25) is 0 Å². The zero-order chi connectivity index (χ0) is 23.5. The molecule has 0 atom stereocenters. The zero-order valence-electron chi connectivity index (χ0n) is 18.2. The quantitative estimate of drug-likeness (QED) is 0.421. The van der Waals surface area contributed by atoms with Crippen molar-refractivity contribution in [1.82, 2.24) is 24.9 Å². The van der Waals surface area contributed by atoms with Crippen molar-refractivity contribution in [2.45, 2.75) is 24.8 Å². The normalized spacial score (nSPS) is 10.9. The largest absolute Gasteiger partial charge is 0.355 e. The first-order valence-corrected chi connectivity index (χ1v) is 11.1. The minimum absolute atomic E-state index is 0.142. The number of aromatic nitrogens is 4. The molecular formula is C23H21FN6O2S. The molecule has 0 unspecified atom stereocenters. The molecule has 2 heterocycles. The highest BCUT2D eigenvalue weighted by Gasteiger charge is 2.16. The molecule has 4 aromatic rings. The summed E-state index contributed by atoms with van der Waals surface area (Å²) in [4.78, 5) is 33.6. The van der Waals surface area contributed by atoms with Gasteiger partial charge in [0.2, 0.25) is 5.16 Å². The fourth-order valence-corrected chi connectivity index (χ4v) is 4.15. The average molecular weight is 465 g/mol. The lowest BCUT2D eigenvalue weighted by atomic mass is 10.1. The number of carbonyl (C=O) groups excluding carboxylic acids is 2. The Morgan fingerprint density at radius 1 is 1.03 bits per heavy atom. The second-order valence-electron chi connectivity index (χ2n) is 7.32. The molecule has 8 nitrogen and oxygen atoms in total. The molecule has 2 aromatic carbocycles. The van der Waals surface area contributed by atoms with E-state index < -0.39 is 11.7 Å². The van der Waals surface area contributed by atoms with E-state index in [1.54, 1.807) is 16.6 Å². The van der Waals surface area contributed by atoms with E-state index in [-0.39, 0.29) is 11.5 Å². The van der Waals surface area contributed by atoms with E-state index in [4.69, 9.17) is 0 Å². The van der Waals surface area contributed by atoms with E-state index in [0.717, 1.165) is 23.0 Å². The van der Waals surface area contributed by atoms with Crippen LogP contribution in [-0.4, -0.2) is 38.4 Å². The van der Waals surface area contributed by atoms with Gasteiger partial charge in [-0.15, -0.1) is 5.10 Å². The van der Waals surface area contributed by atoms with E-state index in [1.807, 2.05) is 32.0 Å². The van der Waals surface area contributed by atoms with Gasteiger partial charge in [0.05, 0.1) is 5.56 Å². The van der Waals surface area contributed by atoms with Crippen molar-refractivity contribution in [3.8, 4) is 0 Å². The van der Waals surface area contributed by atoms with E-state index in [0.29, 0.717) is 27.9 Å². The molecule has 2 aromatic heterocycles. The minimum atomic E-state index is -0.663. The number of thioether (sulfide) groups is 1. The number of aryl methyl sites for hydroxylation is 2. The predicted molar refractivity (Wildman–Crippen MR) is 124 cm³/mol. The van der Waals surface area contributed by atoms with Gasteiger partial charge in [0.25, 0.3) is 17.6 Å². The molecule has 2 N–H and O–H groups in total. The van der Waals surface area contributed by atoms with Crippen molar-refractivity contribution in [1.29, 1.82) is 0 Å². The molecule has 0 bridgehead atoms. The van der Waals surface area contributed by atoms with Crippen LogP contribution in [0.15, 0.2) is 53.7 Å². The van der Waals surface area contributed by atoms with Crippen LogP contribution >= 0.6 is 11.8 Å². The summed E-state index contributed by atoms with van der Waals surface area (Å²) >= 11 is 1.40. The topological polar surface area (TPSA) is 101 Å². The van der Waals surface area contributed by atoms with Gasteiger partial charge in [-0.1, -0.05) is 30.0 Å². The van der Waals surface area contributed by atoms with E-state index in [2.05, 4.69) is 25.7 Å². The number of anilines is 1. The van der Waals surface area contributed by atoms with Crippen LogP contribution in [0.5, 0.6) is 0 Å². The maximum Gasteiger partial charge on any atom is 0.255 e. The number of amides is 2. The molecule has 0 saturated heterocycles. The predicted octanol–water partition coefficient (Wildman–Crippen LogP) is 3.78. The first kappa shape index (κ1) is 22.4. The van der Waals surface area contributed by atoms with Gasteiger partial charge in [0, 0.05) is 35.4 Å². The summed E-state index contributed by atoms with van der Waals surface area (Å²) in [5.74, 6) is -0.601. The summed E-state index contributed by atoms with van der Waals surface area (Å²) in [5, 5.41) is 10.2. The lowest BCUT2D eigenvalue weighted by Crippen LogP contribution is -2.20. The fourth-order valence-electron chi connectivity index (χ4n) is 3.33. The van der Waals surface area contributed by atoms with Crippen molar-refractivity contribution in [2.24, 2.45) is 0 Å². The second-order valence-corrected chi connectivity index (χ2v) is 8.26. The van der Waals surface area contributed by atoms with Crippen LogP contribution in [0.4, 0.5) is 10.1 Å². The summed E-state index contributed by atoms with van der Waals surface area (Å²) in [6.07, 6.45) is 0. The summed E-state index contributed by atoms with van der Waals surface area (Å²) < 4.78 is 15.6. The van der Waals surface area contributed by atoms with Gasteiger partial charge >= 0.3 is 0 Å². The maximum atomic E-state index is 13.9. The molecule has 0 spiro atoms. The Morgan fingerprint density at radius 3 is 2.61 bits per heavy atom. The van der Waals surface area contributed by atoms with E-state index >= 15 is 0 Å². The Bertz CT molecular complexity index is 1370. The number of hydrogen-bond acceptors (Lipinski definition) is 6. The zero-order valence-corrected chi connectivity index (χ0v) is 19.0. The van der Waals surface area contributed by atoms with Gasteiger partial charge in [-0.25, -0.2) is 13.9 Å². The third-order valence-electron chi connectivity index (χ3n) is 4.91. The molecule has 0 radical (unpaired) electrons. The van der Waals surface area contributed by atoms with Gasteiger partial charge < -0.3 is 10.6 Å². The maximum absolute atomic E-state index is 13.9. The Morgan fingerprint density at radius 2 is 1.82 bits per heavy atom. The first-order valence-electron chi connectivity index (χ1n) is 10.1. The van der Waals surface area contributed by atoms with Gasteiger partial charge in [-0.05, 0) is 49.7 Å². The van der Waals surface area contributed by atoms with Crippen molar-refractivity contribution in [3.05, 3.63) is 82.4 Å². The Balaban J connectivity index is 1.52. The van der Waals surface area contributed by atoms with Crippen molar-refractivity contribution < 1.29 is 14.0 Å². The fraction of sp³-hybridized carbons (Fsp3) is 0.174. The van der Waals surface area contributed by atoms with Crippen LogP contribution in [0.1, 0.15) is 37.7 Å². The minimum Gasteiger partial charge on any atom is -0.355 e. The molecule has 0 saturated carbocycles. The summed E-state index contributed by atoms with van der Waals surface area (Å²) in [6.45, 7) is 3.84. The highest BCUT2D eigenvalue weighted by atomic mass is 32.2. The smallest absolute Gasteiger partial charge is 0.255 e. The van der Waals surface area contributed by atoms with Crippen LogP contribution in [0, 0.1) is 19.7 Å². The van der Waals surface area contributed by atoms with Crippen LogP contribution in [0.3, 0.4) is 0 Å². The molecular weight excluding hydrogens is 443 g/mol. The van der Waals surface area contributed by atoms with Crippen molar-refractivity contribution >= 4 is 35.0 Å². The van der Waals surface area contributed by atoms with Crippen molar-refractivity contribution in [2.75, 3.05) is 12.4 Å². The Kier molecular flexibility index (Phi) is 6.36. The number of nitrogens with zero attached hydrogens (tertiary/aromatic N) is 4. The van der Waals surface area contributed by atoms with Gasteiger partial charge in [0.15, 0.2) is 0 Å². The summed E-state index contributed by atoms with van der Waals surface area (Å²) in [6, 6.07) is 13.0. The summed E-state index contributed by atoms with van der Waals surface area (Å²) in [5.41, 5.74) is 3.23. The Labute approximate surface area is 193 Å². The third kappa shape index (κ3) is 4.85. The Hall–Kier alpha value is -3.79. The lowest BCUT2D eigenvalue weighted by Gasteiger charge is -2.11. The molecule has 4 rings (SSSR count). The standard InChI is InChI=1S/C23H21FN6O2S/c1-13-10-14(2)30-22(26-13)28-23(29-30)33-12-15-6-4-5-7-17(15)21(32)27-16-8-9-19(24)18(11-16)20(31)25-3/h4-11H,12H2,1-3H3,(H,25,31)(H,27,32). The van der Waals surface area contributed by atoms with Gasteiger partial charge in [-0.3, -0.25) is 9.59 Å². The highest BCUT2D eigenvalue weighted by Crippen LogP contribution is 2.24. The number of fused-ring (bicyclic) bond motifs is 1. The van der Waals surface area contributed by atoms with E-state index in [1.165, 1.54) is 30.9 Å². The summed E-state index contributed by atoms with van der Waals surface area (Å²) in [7, 11) is 1.41. The number of benzene rings is 2. The van der Waals surface area contributed by atoms with E-state index in [9.17, 15) is 14.0 Å². The van der Waals surface area contributed by atoms with Crippen LogP contribution in [0.25, 0.3) is 5.78 Å². The lowest BCUT2D eigenvalue weighted by molar-refractivity contribution is 0.0957. The number of carbonyl (C=O) groups is 2. The number of nitrogens with one attached hydrogen (secondary N) is 2. The first-order chi connectivity index (χ1) is 15.9. The molecule has 2 amide bonds.